The predicted molar refractivity (Wildman–Crippen MR) is 122 cm³/mol. The zero-order valence-electron chi connectivity index (χ0n) is 17.8. The lowest BCUT2D eigenvalue weighted by Crippen LogP contribution is -2.48. The van der Waals surface area contributed by atoms with Gasteiger partial charge >= 0.3 is 0 Å². The molecular formula is C24H37N3OS. The van der Waals surface area contributed by atoms with Gasteiger partial charge in [-0.25, -0.2) is 0 Å². The molecule has 0 N–H and O–H groups in total. The molecule has 0 radical (unpaired) electrons. The molecule has 1 amide bonds. The third-order valence-electron chi connectivity index (χ3n) is 7.00. The minimum atomic E-state index is 0.385. The fraction of sp³-hybridized carbons (Fsp3) is 0.708. The first-order chi connectivity index (χ1) is 14.3. The van der Waals surface area contributed by atoms with Crippen molar-refractivity contribution >= 4 is 17.7 Å². The van der Waals surface area contributed by atoms with Crippen molar-refractivity contribution in [1.29, 1.82) is 0 Å². The van der Waals surface area contributed by atoms with Gasteiger partial charge in [0, 0.05) is 51.7 Å². The van der Waals surface area contributed by atoms with E-state index in [1.54, 1.807) is 0 Å². The first-order valence-corrected chi connectivity index (χ1v) is 12.8. The molecule has 4 nitrogen and oxygen atoms in total. The van der Waals surface area contributed by atoms with E-state index in [1.807, 2.05) is 0 Å². The van der Waals surface area contributed by atoms with Crippen LogP contribution >= 0.6 is 11.8 Å². The summed E-state index contributed by atoms with van der Waals surface area (Å²) in [4.78, 5) is 20.1. The van der Waals surface area contributed by atoms with E-state index < -0.39 is 0 Å². The van der Waals surface area contributed by atoms with Gasteiger partial charge in [-0.05, 0) is 61.6 Å². The van der Waals surface area contributed by atoms with Crippen molar-refractivity contribution in [1.82, 2.24) is 14.7 Å². The van der Waals surface area contributed by atoms with Gasteiger partial charge in [0.2, 0.25) is 5.91 Å². The Morgan fingerprint density at radius 1 is 0.966 bits per heavy atom. The number of benzene rings is 1. The average molecular weight is 416 g/mol. The second-order valence-electron chi connectivity index (χ2n) is 9.03. The summed E-state index contributed by atoms with van der Waals surface area (Å²) in [7, 11) is 0. The van der Waals surface area contributed by atoms with Crippen molar-refractivity contribution in [3.8, 4) is 0 Å². The van der Waals surface area contributed by atoms with Crippen molar-refractivity contribution in [2.24, 2.45) is 5.92 Å². The molecule has 3 heterocycles. The first kappa shape index (κ1) is 21.2. The molecule has 3 aliphatic heterocycles. The zero-order chi connectivity index (χ0) is 19.9. The predicted octanol–water partition coefficient (Wildman–Crippen LogP) is 3.72. The molecule has 0 bridgehead atoms. The minimum Gasteiger partial charge on any atom is -0.340 e. The summed E-state index contributed by atoms with van der Waals surface area (Å²) in [6.07, 6.45) is 7.20. The van der Waals surface area contributed by atoms with Crippen LogP contribution in [-0.2, 0) is 11.3 Å². The minimum absolute atomic E-state index is 0.385. The van der Waals surface area contributed by atoms with Crippen LogP contribution in [0.2, 0.25) is 0 Å². The summed E-state index contributed by atoms with van der Waals surface area (Å²) in [5.41, 5.74) is 1.37. The number of likely N-dealkylation sites (tertiary alicyclic amines) is 1. The Labute approximate surface area is 181 Å². The monoisotopic (exact) mass is 415 g/mol. The number of hydrogen-bond acceptors (Lipinski definition) is 4. The Morgan fingerprint density at radius 2 is 1.72 bits per heavy atom. The number of nitrogens with zero attached hydrogens (tertiary/aromatic N) is 3. The maximum absolute atomic E-state index is 12.8. The number of carbonyl (C=O) groups excluding carboxylic acids is 1. The van der Waals surface area contributed by atoms with Gasteiger partial charge in [-0.3, -0.25) is 9.69 Å². The highest BCUT2D eigenvalue weighted by atomic mass is 32.2. The summed E-state index contributed by atoms with van der Waals surface area (Å²) in [6.45, 7) is 7.29. The van der Waals surface area contributed by atoms with E-state index in [-0.39, 0.29) is 0 Å². The van der Waals surface area contributed by atoms with Gasteiger partial charge in [0.05, 0.1) is 0 Å². The van der Waals surface area contributed by atoms with E-state index in [9.17, 15) is 4.79 Å². The summed E-state index contributed by atoms with van der Waals surface area (Å²) < 4.78 is 0. The molecule has 3 saturated heterocycles. The maximum Gasteiger partial charge on any atom is 0.222 e. The second-order valence-corrected chi connectivity index (χ2v) is 10.3. The largest absolute Gasteiger partial charge is 0.340 e. The lowest BCUT2D eigenvalue weighted by atomic mass is 9.91. The molecular weight excluding hydrogens is 378 g/mol. The third kappa shape index (κ3) is 6.22. The van der Waals surface area contributed by atoms with E-state index in [2.05, 4.69) is 56.8 Å². The van der Waals surface area contributed by atoms with Crippen molar-refractivity contribution in [2.75, 3.05) is 50.8 Å². The topological polar surface area (TPSA) is 26.8 Å². The van der Waals surface area contributed by atoms with Crippen LogP contribution in [0.5, 0.6) is 0 Å². The number of piperidine rings is 1. The summed E-state index contributed by atoms with van der Waals surface area (Å²) in [5.74, 6) is 3.78. The van der Waals surface area contributed by atoms with Crippen molar-refractivity contribution in [2.45, 2.75) is 51.1 Å². The number of piperazine rings is 1. The molecule has 29 heavy (non-hydrogen) atoms. The molecule has 5 heteroatoms. The molecule has 1 atom stereocenters. The Bertz CT molecular complexity index is 626. The molecule has 4 rings (SSSR count). The van der Waals surface area contributed by atoms with Crippen LogP contribution in [0.4, 0.5) is 0 Å². The third-order valence-corrected chi connectivity index (χ3v) is 8.05. The molecule has 1 aromatic rings. The van der Waals surface area contributed by atoms with Crippen LogP contribution in [-0.4, -0.2) is 77.4 Å². The van der Waals surface area contributed by atoms with Crippen LogP contribution < -0.4 is 0 Å². The number of amides is 1. The molecule has 1 aromatic carbocycles. The number of carbonyl (C=O) groups is 1. The Balaban J connectivity index is 1.16. The van der Waals surface area contributed by atoms with Gasteiger partial charge in [-0.1, -0.05) is 30.3 Å². The van der Waals surface area contributed by atoms with Gasteiger partial charge in [-0.2, -0.15) is 11.8 Å². The second kappa shape index (κ2) is 10.8. The van der Waals surface area contributed by atoms with Gasteiger partial charge in [0.25, 0.3) is 0 Å². The fourth-order valence-electron chi connectivity index (χ4n) is 5.20. The molecule has 0 saturated carbocycles. The van der Waals surface area contributed by atoms with Gasteiger partial charge in [-0.15, -0.1) is 0 Å². The number of thioether (sulfide) groups is 1. The SMILES string of the molecule is O=C(CCC1CCCN(C2CCSCC2)C1)N1CCN(Cc2ccccc2)CC1. The standard InChI is InChI=1S/C24H37N3OS/c28-24(26-15-13-25(14-16-26)19-21-5-2-1-3-6-21)9-8-22-7-4-12-27(20-22)23-10-17-29-18-11-23/h1-3,5-6,22-23H,4,7-20H2. The zero-order valence-corrected chi connectivity index (χ0v) is 18.6. The molecule has 0 aliphatic carbocycles. The number of hydrogen-bond donors (Lipinski definition) is 0. The molecule has 1 unspecified atom stereocenters. The average Bonchev–Trinajstić information content (AvgIpc) is 2.79. The lowest BCUT2D eigenvalue weighted by molar-refractivity contribution is -0.133. The van der Waals surface area contributed by atoms with Crippen LogP contribution in [0, 0.1) is 5.92 Å². The molecule has 3 fully saturated rings. The molecule has 0 spiro atoms. The van der Waals surface area contributed by atoms with E-state index in [1.165, 1.54) is 55.8 Å². The molecule has 160 valence electrons. The highest BCUT2D eigenvalue weighted by Crippen LogP contribution is 2.28. The highest BCUT2D eigenvalue weighted by molar-refractivity contribution is 7.99. The Kier molecular flexibility index (Phi) is 7.92. The van der Waals surface area contributed by atoms with E-state index in [0.717, 1.165) is 57.5 Å². The van der Waals surface area contributed by atoms with Crippen molar-refractivity contribution in [3.63, 3.8) is 0 Å². The van der Waals surface area contributed by atoms with Gasteiger partial charge in [0.1, 0.15) is 0 Å². The van der Waals surface area contributed by atoms with E-state index >= 15 is 0 Å². The summed E-state index contributed by atoms with van der Waals surface area (Å²) in [5, 5.41) is 0. The Morgan fingerprint density at radius 3 is 2.48 bits per heavy atom. The van der Waals surface area contributed by atoms with E-state index in [4.69, 9.17) is 0 Å². The summed E-state index contributed by atoms with van der Waals surface area (Å²) in [6, 6.07) is 11.5. The maximum atomic E-state index is 12.8. The first-order valence-electron chi connectivity index (χ1n) is 11.6. The normalized spacial score (nSPS) is 25.2. The molecule has 3 aliphatic rings. The summed E-state index contributed by atoms with van der Waals surface area (Å²) >= 11 is 2.11. The highest BCUT2D eigenvalue weighted by Gasteiger charge is 2.28. The number of rotatable bonds is 6. The van der Waals surface area contributed by atoms with E-state index in [0.29, 0.717) is 5.91 Å². The fourth-order valence-corrected chi connectivity index (χ4v) is 6.28. The molecule has 0 aromatic heterocycles. The lowest BCUT2D eigenvalue weighted by Gasteiger charge is -2.40. The van der Waals surface area contributed by atoms with Crippen LogP contribution in [0.3, 0.4) is 0 Å². The van der Waals surface area contributed by atoms with Crippen molar-refractivity contribution in [3.05, 3.63) is 35.9 Å². The smallest absolute Gasteiger partial charge is 0.222 e. The van der Waals surface area contributed by atoms with Crippen LogP contribution in [0.25, 0.3) is 0 Å². The van der Waals surface area contributed by atoms with Gasteiger partial charge in [0.15, 0.2) is 0 Å². The quantitative estimate of drug-likeness (QED) is 0.708. The van der Waals surface area contributed by atoms with Crippen LogP contribution in [0.15, 0.2) is 30.3 Å². The Hall–Kier alpha value is -1.04. The van der Waals surface area contributed by atoms with Gasteiger partial charge < -0.3 is 9.80 Å². The van der Waals surface area contributed by atoms with Crippen molar-refractivity contribution < 1.29 is 4.79 Å². The van der Waals surface area contributed by atoms with Crippen LogP contribution in [0.1, 0.15) is 44.1 Å².